The van der Waals surface area contributed by atoms with Gasteiger partial charge in [-0.15, -0.1) is 83.4 Å². The van der Waals surface area contributed by atoms with Crippen LogP contribution in [0.4, 0.5) is 0 Å². The first kappa shape index (κ1) is 44.6. The fourth-order valence-electron chi connectivity index (χ4n) is 9.05. The monoisotopic (exact) mass is 1090 g/mol. The number of nitrogens with zero attached hydrogens (tertiary/aromatic N) is 7. The summed E-state index contributed by atoms with van der Waals surface area (Å²) < 4.78 is 4.21. The van der Waals surface area contributed by atoms with Gasteiger partial charge in [-0.05, 0) is 92.7 Å². The second-order valence-corrected chi connectivity index (χ2v) is 16.8. The Kier molecular flexibility index (Phi) is 12.5. The van der Waals surface area contributed by atoms with Crippen molar-refractivity contribution in [1.82, 2.24) is 34.1 Å². The zero-order chi connectivity index (χ0) is 46.6. The second-order valence-electron chi connectivity index (χ2n) is 16.8. The third kappa shape index (κ3) is 9.09. The van der Waals surface area contributed by atoms with Crippen LogP contribution in [-0.2, 0) is 20.1 Å². The van der Waals surface area contributed by atoms with Gasteiger partial charge in [0, 0.05) is 54.5 Å². The van der Waals surface area contributed by atoms with Crippen molar-refractivity contribution >= 4 is 0 Å². The maximum Gasteiger partial charge on any atom is 3.00 e. The van der Waals surface area contributed by atoms with Crippen LogP contribution in [0.3, 0.4) is 0 Å². The minimum Gasteiger partial charge on any atom is -0.341 e. The number of hydrogen-bond donors (Lipinski definition) is 0. The van der Waals surface area contributed by atoms with Crippen molar-refractivity contribution in [2.24, 2.45) is 0 Å². The third-order valence-electron chi connectivity index (χ3n) is 12.5. The minimum atomic E-state index is 0. The Morgan fingerprint density at radius 2 is 0.761 bits per heavy atom. The van der Waals surface area contributed by atoms with E-state index in [2.05, 4.69) is 165 Å². The van der Waals surface area contributed by atoms with Crippen LogP contribution in [-0.4, -0.2) is 34.1 Å². The topological polar surface area (TPSA) is 74.3 Å². The molecule has 71 heavy (non-hydrogen) atoms. The average molecular weight is 1090 g/mol. The van der Waals surface area contributed by atoms with Gasteiger partial charge in [0.15, 0.2) is 0 Å². The SMILES string of the molecule is [Ir+3].[c-]1cc(-n2ccnc2-c2cc(-c3ccccc3-c3c[c-]c(-c4ccccn4)cc3-c3ccc(-c4ccccc4)cc3)cc(-c3nccn3-c3c[c-]c(-c4ccccn4)cc3)c2)ccc1-c1ccccn1. The average Bonchev–Trinajstić information content (AvgIpc) is 4.16. The molecule has 0 aliphatic carbocycles. The van der Waals surface area contributed by atoms with Crippen molar-refractivity contribution in [3.8, 4) is 112 Å². The van der Waals surface area contributed by atoms with Gasteiger partial charge in [-0.3, -0.25) is 0 Å². The Morgan fingerprint density at radius 3 is 1.28 bits per heavy atom. The van der Waals surface area contributed by atoms with E-state index < -0.39 is 0 Å². The molecule has 0 aliphatic rings. The molecule has 7 aromatic carbocycles. The van der Waals surface area contributed by atoms with Crippen molar-refractivity contribution in [3.63, 3.8) is 0 Å². The number of rotatable bonds is 11. The van der Waals surface area contributed by atoms with Crippen molar-refractivity contribution in [1.29, 1.82) is 0 Å². The Morgan fingerprint density at radius 1 is 0.296 bits per heavy atom. The van der Waals surface area contributed by atoms with Crippen molar-refractivity contribution < 1.29 is 20.1 Å². The maximum atomic E-state index is 5.01. The Bertz CT molecular complexity index is 3580. The molecule has 0 aliphatic heterocycles. The molecule has 0 atom stereocenters. The van der Waals surface area contributed by atoms with E-state index in [0.29, 0.717) is 0 Å². The summed E-state index contributed by atoms with van der Waals surface area (Å²) in [7, 11) is 0. The molecule has 0 bridgehead atoms. The molecule has 0 N–H and O–H groups in total. The van der Waals surface area contributed by atoms with Crippen molar-refractivity contribution in [2.45, 2.75) is 0 Å². The van der Waals surface area contributed by atoms with Crippen molar-refractivity contribution in [3.05, 3.63) is 262 Å². The van der Waals surface area contributed by atoms with Crippen LogP contribution in [0, 0.1) is 18.2 Å². The molecule has 12 aromatic rings. The Hall–Kier alpha value is -8.94. The van der Waals surface area contributed by atoms with E-state index in [-0.39, 0.29) is 20.1 Å². The van der Waals surface area contributed by atoms with Gasteiger partial charge in [0.25, 0.3) is 0 Å². The van der Waals surface area contributed by atoms with E-state index >= 15 is 0 Å². The smallest absolute Gasteiger partial charge is 0.341 e. The standard InChI is InChI=1S/C63H40N7.Ir/c1-2-12-44(13-3-1)45-19-21-46(22-20-45)58-43-49(61-18-8-11-35-66-61)27-32-57(58)56-15-5-4-14-55(56)50-40-51(62-67-36-38-69(62)53-28-23-47(24-29-53)59-16-6-9-33-64-59)42-52(41-50)63-68-37-39-70(63)54-30-25-48(26-31-54)60-17-7-10-34-65-60;/h1-23,25,28-43H;/q-3;+3. The fraction of sp³-hybridized carbons (Fsp3) is 0. The van der Waals surface area contributed by atoms with Gasteiger partial charge in [0.05, 0.1) is 0 Å². The molecule has 0 radical (unpaired) electrons. The quantitative estimate of drug-likeness (QED) is 0.121. The summed E-state index contributed by atoms with van der Waals surface area (Å²) in [5.74, 6) is 1.55. The maximum absolute atomic E-state index is 5.01. The van der Waals surface area contributed by atoms with Gasteiger partial charge in [-0.2, -0.15) is 0 Å². The molecule has 5 heterocycles. The summed E-state index contributed by atoms with van der Waals surface area (Å²) >= 11 is 0. The van der Waals surface area contributed by atoms with Crippen LogP contribution in [0.15, 0.2) is 244 Å². The molecule has 0 unspecified atom stereocenters. The van der Waals surface area contributed by atoms with Crippen LogP contribution < -0.4 is 0 Å². The summed E-state index contributed by atoms with van der Waals surface area (Å²) in [5.41, 5.74) is 17.7. The van der Waals surface area contributed by atoms with Crippen LogP contribution in [0.25, 0.3) is 112 Å². The van der Waals surface area contributed by atoms with E-state index in [4.69, 9.17) is 15.0 Å². The molecule has 5 aromatic heterocycles. The Balaban J connectivity index is 0.00000547. The summed E-state index contributed by atoms with van der Waals surface area (Å²) in [4.78, 5) is 23.8. The summed E-state index contributed by atoms with van der Waals surface area (Å²) in [5, 5.41) is 0. The largest absolute Gasteiger partial charge is 3.00 e. The summed E-state index contributed by atoms with van der Waals surface area (Å²) in [6.45, 7) is 0. The first-order valence-corrected chi connectivity index (χ1v) is 23.0. The predicted molar refractivity (Wildman–Crippen MR) is 280 cm³/mol. The molecule has 7 nitrogen and oxygen atoms in total. The van der Waals surface area contributed by atoms with Crippen LogP contribution >= 0.6 is 0 Å². The molecule has 12 rings (SSSR count). The third-order valence-corrected chi connectivity index (χ3v) is 12.5. The zero-order valence-corrected chi connectivity index (χ0v) is 40.5. The van der Waals surface area contributed by atoms with Gasteiger partial charge in [-0.1, -0.05) is 132 Å². The Labute approximate surface area is 425 Å². The minimum absolute atomic E-state index is 0. The van der Waals surface area contributed by atoms with Crippen LogP contribution in [0.1, 0.15) is 0 Å². The number of pyridine rings is 3. The van der Waals surface area contributed by atoms with Crippen LogP contribution in [0.5, 0.6) is 0 Å². The van der Waals surface area contributed by atoms with Gasteiger partial charge in [-0.25, -0.2) is 9.97 Å². The van der Waals surface area contributed by atoms with Gasteiger partial charge >= 0.3 is 20.1 Å². The number of imidazole rings is 2. The van der Waals surface area contributed by atoms with Crippen LogP contribution in [0.2, 0.25) is 0 Å². The van der Waals surface area contributed by atoms with Crippen molar-refractivity contribution in [2.75, 3.05) is 0 Å². The summed E-state index contributed by atoms with van der Waals surface area (Å²) in [6.07, 6.45) is 13.1. The molecule has 0 amide bonds. The molecular formula is C63H40IrN7. The summed E-state index contributed by atoms with van der Waals surface area (Å²) in [6, 6.07) is 79.5. The fourth-order valence-corrected chi connectivity index (χ4v) is 9.05. The molecule has 0 saturated carbocycles. The van der Waals surface area contributed by atoms with E-state index in [1.54, 1.807) is 12.4 Å². The number of aromatic nitrogens is 7. The predicted octanol–water partition coefficient (Wildman–Crippen LogP) is 14.6. The van der Waals surface area contributed by atoms with Gasteiger partial charge in [0.2, 0.25) is 0 Å². The molecule has 0 saturated heterocycles. The second kappa shape index (κ2) is 20.0. The van der Waals surface area contributed by atoms with E-state index in [0.717, 1.165) is 107 Å². The van der Waals surface area contributed by atoms with E-state index in [1.807, 2.05) is 104 Å². The molecule has 336 valence electrons. The van der Waals surface area contributed by atoms with Gasteiger partial charge < -0.3 is 24.1 Å². The molecule has 8 heteroatoms. The molecular weight excluding hydrogens is 1050 g/mol. The zero-order valence-electron chi connectivity index (χ0n) is 38.1. The molecule has 0 fully saturated rings. The van der Waals surface area contributed by atoms with E-state index in [1.165, 1.54) is 5.56 Å². The first-order chi connectivity index (χ1) is 34.7. The van der Waals surface area contributed by atoms with E-state index in [9.17, 15) is 0 Å². The number of hydrogen-bond acceptors (Lipinski definition) is 5. The molecule has 0 spiro atoms. The van der Waals surface area contributed by atoms with Gasteiger partial charge in [0.1, 0.15) is 11.6 Å². The first-order valence-electron chi connectivity index (χ1n) is 23.0. The number of benzene rings is 7. The normalized spacial score (nSPS) is 11.0.